The van der Waals surface area contributed by atoms with Crippen LogP contribution in [0.15, 0.2) is 5.51 Å². The van der Waals surface area contributed by atoms with Crippen molar-refractivity contribution in [1.82, 2.24) is 15.2 Å². The number of carbonyl (C=O) groups is 2. The van der Waals surface area contributed by atoms with E-state index >= 15 is 0 Å². The molecule has 0 radical (unpaired) electrons. The Kier molecular flexibility index (Phi) is 8.66. The average molecular weight is 398 g/mol. The van der Waals surface area contributed by atoms with Crippen LogP contribution in [0.4, 0.5) is 0 Å². The number of carboxylic acids is 2. The zero-order valence-corrected chi connectivity index (χ0v) is 17.0. The van der Waals surface area contributed by atoms with Gasteiger partial charge in [-0.2, -0.15) is 0 Å². The van der Waals surface area contributed by atoms with Gasteiger partial charge in [0.05, 0.1) is 30.2 Å². The fourth-order valence-electron chi connectivity index (χ4n) is 4.02. The van der Waals surface area contributed by atoms with Gasteiger partial charge in [0.2, 0.25) is 0 Å². The molecule has 0 amide bonds. The highest BCUT2D eigenvalue weighted by atomic mass is 32.1. The van der Waals surface area contributed by atoms with Crippen LogP contribution in [0.3, 0.4) is 0 Å². The highest BCUT2D eigenvalue weighted by Gasteiger charge is 2.39. The molecule has 3 N–H and O–H groups in total. The van der Waals surface area contributed by atoms with Crippen LogP contribution in [0.25, 0.3) is 0 Å². The van der Waals surface area contributed by atoms with E-state index in [4.69, 9.17) is 10.2 Å². The minimum Gasteiger partial charge on any atom is -0.481 e. The molecule has 0 saturated carbocycles. The van der Waals surface area contributed by atoms with E-state index in [1.165, 1.54) is 42.7 Å². The van der Waals surface area contributed by atoms with E-state index in [1.54, 1.807) is 0 Å². The minimum atomic E-state index is -1.08. The molecule has 1 aliphatic carbocycles. The molecule has 152 valence electrons. The van der Waals surface area contributed by atoms with Crippen molar-refractivity contribution in [3.63, 3.8) is 0 Å². The molecule has 1 aliphatic heterocycles. The maximum Gasteiger partial charge on any atom is 0.303 e. The van der Waals surface area contributed by atoms with Crippen molar-refractivity contribution in [1.29, 1.82) is 0 Å². The Hall–Kier alpha value is -1.51. The molecule has 3 rings (SSSR count). The number of thiazole rings is 1. The first-order valence-corrected chi connectivity index (χ1v) is 10.7. The second-order valence-corrected chi connectivity index (χ2v) is 8.06. The molecule has 3 atom stereocenters. The van der Waals surface area contributed by atoms with Crippen molar-refractivity contribution >= 4 is 23.3 Å². The molecule has 1 saturated heterocycles. The Balaban J connectivity index is 0.000000279. The van der Waals surface area contributed by atoms with Gasteiger partial charge in [-0.3, -0.25) is 14.5 Å². The third-order valence-corrected chi connectivity index (χ3v) is 6.20. The molecule has 1 aromatic heterocycles. The number of likely N-dealkylation sites (tertiary alicyclic amines) is 1. The molecule has 1 fully saturated rings. The zero-order chi connectivity index (χ0) is 19.8. The van der Waals surface area contributed by atoms with Gasteiger partial charge in [-0.1, -0.05) is 13.8 Å². The number of hydrogen-bond acceptors (Lipinski definition) is 6. The summed E-state index contributed by atoms with van der Waals surface area (Å²) in [5.74, 6) is -1.32. The van der Waals surface area contributed by atoms with E-state index in [9.17, 15) is 9.59 Å². The van der Waals surface area contributed by atoms with Crippen LogP contribution in [0.1, 0.15) is 56.5 Å². The van der Waals surface area contributed by atoms with Crippen molar-refractivity contribution in [3.05, 3.63) is 16.1 Å². The maximum absolute atomic E-state index is 9.64. The lowest BCUT2D eigenvalue weighted by molar-refractivity contribution is -0.143. The minimum absolute atomic E-state index is 0.296. The molecule has 1 unspecified atom stereocenters. The Morgan fingerprint density at radius 1 is 1.22 bits per heavy atom. The van der Waals surface area contributed by atoms with Gasteiger partial charge < -0.3 is 15.5 Å². The van der Waals surface area contributed by atoms with Gasteiger partial charge in [0.15, 0.2) is 0 Å². The normalized spacial score (nSPS) is 24.3. The van der Waals surface area contributed by atoms with Crippen LogP contribution < -0.4 is 5.32 Å². The second-order valence-electron chi connectivity index (χ2n) is 7.12. The number of aromatic nitrogens is 1. The summed E-state index contributed by atoms with van der Waals surface area (Å²) in [6.45, 7) is 6.87. The number of likely N-dealkylation sites (N-methyl/N-ethyl adjacent to an activating group) is 1. The monoisotopic (exact) mass is 397 g/mol. The molecule has 0 spiro atoms. The van der Waals surface area contributed by atoms with Crippen LogP contribution in [-0.4, -0.2) is 57.3 Å². The Labute approximate surface area is 164 Å². The third-order valence-electron chi connectivity index (χ3n) is 5.30. The summed E-state index contributed by atoms with van der Waals surface area (Å²) in [6, 6.07) is 0.737. The number of nitrogens with one attached hydrogen (secondary N) is 1. The number of aliphatic carboxylic acids is 2. The van der Waals surface area contributed by atoms with E-state index in [2.05, 4.69) is 29.0 Å². The van der Waals surface area contributed by atoms with E-state index in [0.717, 1.165) is 25.0 Å². The average Bonchev–Trinajstić information content (AvgIpc) is 3.10. The lowest BCUT2D eigenvalue weighted by atomic mass is 9.78. The Morgan fingerprint density at radius 2 is 1.93 bits per heavy atom. The van der Waals surface area contributed by atoms with Crippen LogP contribution in [0.2, 0.25) is 0 Å². The smallest absolute Gasteiger partial charge is 0.303 e. The summed E-state index contributed by atoms with van der Waals surface area (Å²) in [5, 5.41) is 19.5. The largest absolute Gasteiger partial charge is 0.481 e. The summed E-state index contributed by atoms with van der Waals surface area (Å²) in [4.78, 5) is 28.1. The first kappa shape index (κ1) is 21.8. The lowest BCUT2D eigenvalue weighted by Gasteiger charge is -2.48. The predicted octanol–water partition coefficient (Wildman–Crippen LogP) is 2.60. The molecule has 8 heteroatoms. The summed E-state index contributed by atoms with van der Waals surface area (Å²) >= 11 is 1.85. The number of fused-ring (bicyclic) bond motifs is 2. The number of hydrogen-bond donors (Lipinski definition) is 3. The molecule has 27 heavy (non-hydrogen) atoms. The van der Waals surface area contributed by atoms with Crippen LogP contribution in [-0.2, 0) is 22.4 Å². The molecule has 2 heterocycles. The third kappa shape index (κ3) is 6.26. The number of carboxylic acid groups (broad SMARTS) is 2. The molecule has 0 bridgehead atoms. The Bertz CT molecular complexity index is 608. The molecule has 7 nitrogen and oxygen atoms in total. The SMILES string of the molecule is CCCNC1CC[C@@H]2Cc3ncsc3C[C@H]2N1CC.O=C(O)CCC(=O)O. The first-order valence-electron chi connectivity index (χ1n) is 9.80. The van der Waals surface area contributed by atoms with Gasteiger partial charge in [-0.15, -0.1) is 11.3 Å². The van der Waals surface area contributed by atoms with Crippen molar-refractivity contribution in [3.8, 4) is 0 Å². The zero-order valence-electron chi connectivity index (χ0n) is 16.2. The Morgan fingerprint density at radius 3 is 2.52 bits per heavy atom. The van der Waals surface area contributed by atoms with Crippen molar-refractivity contribution in [2.75, 3.05) is 13.1 Å². The van der Waals surface area contributed by atoms with Crippen LogP contribution in [0, 0.1) is 5.92 Å². The molecule has 2 aliphatic rings. The topological polar surface area (TPSA) is 103 Å². The van der Waals surface area contributed by atoms with Crippen molar-refractivity contribution in [2.24, 2.45) is 5.92 Å². The van der Waals surface area contributed by atoms with Gasteiger partial charge in [-0.05, 0) is 51.1 Å². The fraction of sp³-hybridized carbons (Fsp3) is 0.737. The summed E-state index contributed by atoms with van der Waals surface area (Å²) in [5.41, 5.74) is 3.42. The quantitative estimate of drug-likeness (QED) is 0.650. The maximum atomic E-state index is 9.64. The van der Waals surface area contributed by atoms with E-state index in [1.807, 2.05) is 16.8 Å². The van der Waals surface area contributed by atoms with Crippen LogP contribution in [0.5, 0.6) is 0 Å². The molecule has 1 aromatic rings. The number of nitrogens with zero attached hydrogens (tertiary/aromatic N) is 2. The van der Waals surface area contributed by atoms with Crippen molar-refractivity contribution < 1.29 is 19.8 Å². The highest BCUT2D eigenvalue weighted by molar-refractivity contribution is 7.09. The predicted molar refractivity (Wildman–Crippen MR) is 105 cm³/mol. The second kappa shape index (κ2) is 10.7. The summed E-state index contributed by atoms with van der Waals surface area (Å²) < 4.78 is 0. The van der Waals surface area contributed by atoms with Gasteiger partial charge in [0.25, 0.3) is 0 Å². The summed E-state index contributed by atoms with van der Waals surface area (Å²) in [6.07, 6.45) is 6.32. The van der Waals surface area contributed by atoms with E-state index in [0.29, 0.717) is 6.17 Å². The summed E-state index contributed by atoms with van der Waals surface area (Å²) in [7, 11) is 0. The highest BCUT2D eigenvalue weighted by Crippen LogP contribution is 2.37. The van der Waals surface area contributed by atoms with E-state index in [-0.39, 0.29) is 12.8 Å². The number of piperidine rings is 1. The molecular formula is C19H31N3O4S. The standard InChI is InChI=1S/C15H25N3S.C4H6O4/c1-3-7-16-15-6-5-11-8-12-14(19-10-17-12)9-13(11)18(15)4-2;5-3(6)1-2-4(7)8/h10-11,13,15-16H,3-9H2,1-2H3;1-2H2,(H,5,6)(H,7,8)/t11-,13-,15?;/m1./s1. The van der Waals surface area contributed by atoms with Gasteiger partial charge in [0.1, 0.15) is 0 Å². The van der Waals surface area contributed by atoms with Crippen LogP contribution >= 0.6 is 11.3 Å². The van der Waals surface area contributed by atoms with Gasteiger partial charge in [-0.25, -0.2) is 4.98 Å². The first-order chi connectivity index (χ1) is 13.0. The molecule has 0 aromatic carbocycles. The van der Waals surface area contributed by atoms with E-state index < -0.39 is 11.9 Å². The van der Waals surface area contributed by atoms with Gasteiger partial charge in [0, 0.05) is 10.9 Å². The van der Waals surface area contributed by atoms with Gasteiger partial charge >= 0.3 is 11.9 Å². The fourth-order valence-corrected chi connectivity index (χ4v) is 4.86. The van der Waals surface area contributed by atoms with Crippen molar-refractivity contribution in [2.45, 2.75) is 71.0 Å². The lowest BCUT2D eigenvalue weighted by Crippen LogP contribution is -2.58. The number of rotatable bonds is 7. The molecular weight excluding hydrogens is 366 g/mol.